The van der Waals surface area contributed by atoms with E-state index in [-0.39, 0.29) is 5.41 Å². The molecule has 0 bridgehead atoms. The number of rotatable bonds is 3. The number of aliphatic hydroxyl groups is 2. The van der Waals surface area contributed by atoms with E-state index in [2.05, 4.69) is 18.1 Å². The van der Waals surface area contributed by atoms with E-state index in [0.717, 1.165) is 42.4 Å². The smallest absolute Gasteiger partial charge is 0.102 e. The third-order valence-electron chi connectivity index (χ3n) is 10.9. The number of nitriles is 1. The molecule has 1 heterocycles. The fraction of sp³-hybridized carbons (Fsp3) is 0.852. The van der Waals surface area contributed by atoms with Crippen molar-refractivity contribution < 1.29 is 10.2 Å². The van der Waals surface area contributed by atoms with E-state index in [1.165, 1.54) is 38.5 Å². The summed E-state index contributed by atoms with van der Waals surface area (Å²) in [6.07, 6.45) is 13.0. The first-order chi connectivity index (χ1) is 15.1. The third-order valence-corrected chi connectivity index (χ3v) is 10.9. The molecule has 0 saturated heterocycles. The second-order valence-corrected chi connectivity index (χ2v) is 13.1. The average molecular weight is 438 g/mol. The van der Waals surface area contributed by atoms with Crippen LogP contribution in [0.3, 0.4) is 0 Å². The Balaban J connectivity index is 1.25. The summed E-state index contributed by atoms with van der Waals surface area (Å²) in [5.41, 5.74) is -0.496. The molecule has 1 aromatic rings. The molecule has 0 spiro atoms. The average Bonchev–Trinajstić information content (AvgIpc) is 3.22. The standard InChI is InChI=1S/C27H39N3O2/c1-25(31)8-6-18-17(11-25)4-5-20-19(18)7-9-26(2)23(20)21-10-22(21)24(26)27(3,32)15-30-14-16(12-28)13-29-30/h13-14,17-24,31-32H,4-11,15H2,1-3H3/t17-,18+,19-,20-,21-,22+,23-,24+,25-,26+,27+/m1/s1. The van der Waals surface area contributed by atoms with E-state index in [0.29, 0.717) is 29.9 Å². The van der Waals surface area contributed by atoms with Crippen molar-refractivity contribution in [3.05, 3.63) is 18.0 Å². The van der Waals surface area contributed by atoms with Gasteiger partial charge in [0.05, 0.1) is 29.5 Å². The van der Waals surface area contributed by atoms with Crippen LogP contribution in [-0.4, -0.2) is 31.2 Å². The highest BCUT2D eigenvalue weighted by atomic mass is 16.3. The van der Waals surface area contributed by atoms with Crippen molar-refractivity contribution in [3.8, 4) is 6.07 Å². The van der Waals surface area contributed by atoms with Gasteiger partial charge in [-0.1, -0.05) is 6.92 Å². The number of aromatic nitrogens is 2. The molecule has 0 aromatic carbocycles. The molecule has 5 saturated carbocycles. The predicted octanol–water partition coefficient (Wildman–Crippen LogP) is 4.38. The van der Waals surface area contributed by atoms with Gasteiger partial charge in [-0.15, -0.1) is 0 Å². The van der Waals surface area contributed by atoms with Gasteiger partial charge in [-0.25, -0.2) is 0 Å². The first-order valence-corrected chi connectivity index (χ1v) is 13.0. The monoisotopic (exact) mass is 437 g/mol. The highest BCUT2D eigenvalue weighted by Crippen LogP contribution is 2.76. The van der Waals surface area contributed by atoms with Crippen LogP contribution in [0.2, 0.25) is 0 Å². The summed E-state index contributed by atoms with van der Waals surface area (Å²) in [7, 11) is 0. The van der Waals surface area contributed by atoms with E-state index < -0.39 is 11.2 Å². The number of hydrogen-bond acceptors (Lipinski definition) is 4. The SMILES string of the molecule is C[C@@]1(O)CC[C@H]2[C@H](CC[C@@H]3[C@@H]2CC[C@@]2(C)[C@H]3[C@@H]3C[C@@H]3[C@@H]2[C@@](C)(O)Cn2cc(C#N)cn2)C1. The largest absolute Gasteiger partial charge is 0.390 e. The van der Waals surface area contributed by atoms with Crippen LogP contribution in [0.5, 0.6) is 0 Å². The molecule has 5 aliphatic rings. The third kappa shape index (κ3) is 3.05. The molecular formula is C27H39N3O2. The second-order valence-electron chi connectivity index (χ2n) is 13.1. The van der Waals surface area contributed by atoms with Crippen LogP contribution in [-0.2, 0) is 6.54 Å². The van der Waals surface area contributed by atoms with Crippen molar-refractivity contribution in [1.29, 1.82) is 5.26 Å². The molecule has 0 unspecified atom stereocenters. The van der Waals surface area contributed by atoms with Crippen LogP contribution in [0.15, 0.2) is 12.4 Å². The zero-order valence-corrected chi connectivity index (χ0v) is 19.9. The molecule has 5 heteroatoms. The Morgan fingerprint density at radius 1 is 1.12 bits per heavy atom. The summed E-state index contributed by atoms with van der Waals surface area (Å²) >= 11 is 0. The first kappa shape index (κ1) is 21.2. The molecule has 5 aliphatic carbocycles. The van der Waals surface area contributed by atoms with Gasteiger partial charge in [0.1, 0.15) is 6.07 Å². The molecule has 0 radical (unpaired) electrons. The molecule has 6 rings (SSSR count). The van der Waals surface area contributed by atoms with E-state index in [9.17, 15) is 10.2 Å². The zero-order chi connectivity index (χ0) is 22.5. The molecule has 0 amide bonds. The molecule has 0 aliphatic heterocycles. The quantitative estimate of drug-likeness (QED) is 0.735. The Bertz CT molecular complexity index is 945. The summed E-state index contributed by atoms with van der Waals surface area (Å²) < 4.78 is 1.78. The summed E-state index contributed by atoms with van der Waals surface area (Å²) in [6.45, 7) is 7.05. The number of nitrogens with zero attached hydrogens (tertiary/aromatic N) is 3. The van der Waals surface area contributed by atoms with Crippen LogP contribution in [0.4, 0.5) is 0 Å². The zero-order valence-electron chi connectivity index (χ0n) is 19.9. The minimum Gasteiger partial charge on any atom is -0.390 e. The van der Waals surface area contributed by atoms with Crippen LogP contribution < -0.4 is 0 Å². The van der Waals surface area contributed by atoms with E-state index in [1.807, 2.05) is 13.8 Å². The van der Waals surface area contributed by atoms with Crippen molar-refractivity contribution in [2.45, 2.75) is 89.9 Å². The van der Waals surface area contributed by atoms with Gasteiger partial charge in [0, 0.05) is 6.20 Å². The Hall–Kier alpha value is -1.38. The van der Waals surface area contributed by atoms with E-state index in [1.54, 1.807) is 17.1 Å². The fourth-order valence-electron chi connectivity index (χ4n) is 10.2. The Kier molecular flexibility index (Phi) is 4.52. The Morgan fingerprint density at radius 2 is 1.91 bits per heavy atom. The highest BCUT2D eigenvalue weighted by molar-refractivity contribution is 5.23. The van der Waals surface area contributed by atoms with Crippen molar-refractivity contribution in [3.63, 3.8) is 0 Å². The van der Waals surface area contributed by atoms with E-state index in [4.69, 9.17) is 5.26 Å². The lowest BCUT2D eigenvalue weighted by Crippen LogP contribution is -2.55. The van der Waals surface area contributed by atoms with Crippen molar-refractivity contribution in [2.24, 2.45) is 52.8 Å². The lowest BCUT2D eigenvalue weighted by atomic mass is 9.47. The lowest BCUT2D eigenvalue weighted by Gasteiger charge is -2.59. The van der Waals surface area contributed by atoms with Crippen LogP contribution in [0, 0.1) is 64.1 Å². The van der Waals surface area contributed by atoms with Crippen molar-refractivity contribution >= 4 is 0 Å². The van der Waals surface area contributed by atoms with Gasteiger partial charge in [0.15, 0.2) is 0 Å². The van der Waals surface area contributed by atoms with Crippen LogP contribution in [0.1, 0.15) is 77.7 Å². The molecule has 5 nitrogen and oxygen atoms in total. The lowest BCUT2D eigenvalue weighted by molar-refractivity contribution is -0.139. The van der Waals surface area contributed by atoms with Crippen LogP contribution in [0.25, 0.3) is 0 Å². The van der Waals surface area contributed by atoms with Gasteiger partial charge in [-0.2, -0.15) is 10.4 Å². The van der Waals surface area contributed by atoms with Gasteiger partial charge < -0.3 is 10.2 Å². The molecular weight excluding hydrogens is 398 g/mol. The maximum absolute atomic E-state index is 11.8. The molecule has 32 heavy (non-hydrogen) atoms. The number of fused-ring (bicyclic) bond motifs is 7. The fourth-order valence-corrected chi connectivity index (χ4v) is 10.2. The summed E-state index contributed by atoms with van der Waals surface area (Å²) in [5, 5.41) is 36.0. The van der Waals surface area contributed by atoms with Crippen molar-refractivity contribution in [2.75, 3.05) is 0 Å². The Morgan fingerprint density at radius 3 is 2.66 bits per heavy atom. The summed E-state index contributed by atoms with van der Waals surface area (Å²) in [6, 6.07) is 2.15. The first-order valence-electron chi connectivity index (χ1n) is 13.0. The summed E-state index contributed by atoms with van der Waals surface area (Å²) in [5.74, 6) is 5.66. The minimum atomic E-state index is -0.810. The molecule has 174 valence electrons. The normalized spacial score (nSPS) is 50.9. The van der Waals surface area contributed by atoms with Crippen molar-refractivity contribution in [1.82, 2.24) is 9.78 Å². The molecule has 1 aromatic heterocycles. The minimum absolute atomic E-state index is 0.205. The molecule has 11 atom stereocenters. The molecule has 5 fully saturated rings. The second kappa shape index (κ2) is 6.83. The van der Waals surface area contributed by atoms with Crippen LogP contribution >= 0.6 is 0 Å². The topological polar surface area (TPSA) is 82.1 Å². The van der Waals surface area contributed by atoms with E-state index >= 15 is 0 Å². The molecule has 2 N–H and O–H groups in total. The Labute approximate surface area is 192 Å². The highest BCUT2D eigenvalue weighted by Gasteiger charge is 2.72. The van der Waals surface area contributed by atoms with Gasteiger partial charge in [-0.05, 0) is 118 Å². The van der Waals surface area contributed by atoms with Gasteiger partial charge in [0.25, 0.3) is 0 Å². The van der Waals surface area contributed by atoms with Gasteiger partial charge in [0.2, 0.25) is 0 Å². The van der Waals surface area contributed by atoms with Gasteiger partial charge in [-0.3, -0.25) is 4.68 Å². The summed E-state index contributed by atoms with van der Waals surface area (Å²) in [4.78, 5) is 0. The maximum atomic E-state index is 11.8. The number of hydrogen-bond donors (Lipinski definition) is 2. The maximum Gasteiger partial charge on any atom is 0.102 e. The van der Waals surface area contributed by atoms with Gasteiger partial charge >= 0.3 is 0 Å². The predicted molar refractivity (Wildman–Crippen MR) is 121 cm³/mol.